The average Bonchev–Trinajstić information content (AvgIpc) is 3.02. The molecule has 2 fully saturated rings. The average molecular weight is 250 g/mol. The SMILES string of the molecule is Cc1nc(C(O)C2(C#N)CC3CCC2O3)cs1. The van der Waals surface area contributed by atoms with E-state index in [1.165, 1.54) is 11.3 Å². The van der Waals surface area contributed by atoms with Gasteiger partial charge in [0, 0.05) is 5.38 Å². The number of thiazole rings is 1. The second kappa shape index (κ2) is 3.77. The van der Waals surface area contributed by atoms with Gasteiger partial charge in [0.2, 0.25) is 0 Å². The number of aliphatic hydroxyl groups is 1. The summed E-state index contributed by atoms with van der Waals surface area (Å²) in [5, 5.41) is 22.7. The molecule has 0 aromatic carbocycles. The first-order chi connectivity index (χ1) is 8.15. The van der Waals surface area contributed by atoms with Crippen LogP contribution < -0.4 is 0 Å². The highest BCUT2D eigenvalue weighted by Crippen LogP contribution is 2.53. The van der Waals surface area contributed by atoms with E-state index in [-0.39, 0.29) is 12.2 Å². The van der Waals surface area contributed by atoms with E-state index in [2.05, 4.69) is 11.1 Å². The molecule has 1 aromatic heterocycles. The third kappa shape index (κ3) is 1.52. The number of fused-ring (bicyclic) bond motifs is 2. The van der Waals surface area contributed by atoms with E-state index in [0.717, 1.165) is 17.8 Å². The molecule has 3 rings (SSSR count). The van der Waals surface area contributed by atoms with Crippen LogP contribution in [0.5, 0.6) is 0 Å². The first-order valence-corrected chi connectivity index (χ1v) is 6.70. The maximum absolute atomic E-state index is 10.4. The summed E-state index contributed by atoms with van der Waals surface area (Å²) in [5.74, 6) is 0. The second-order valence-electron chi connectivity index (χ2n) is 4.87. The van der Waals surface area contributed by atoms with Crippen LogP contribution in [0.4, 0.5) is 0 Å². The highest BCUT2D eigenvalue weighted by Gasteiger charge is 2.57. The Balaban J connectivity index is 1.94. The van der Waals surface area contributed by atoms with E-state index in [0.29, 0.717) is 12.1 Å². The summed E-state index contributed by atoms with van der Waals surface area (Å²) in [5.41, 5.74) is -0.172. The number of aryl methyl sites for hydroxylation is 1. The smallest absolute Gasteiger partial charge is 0.118 e. The minimum absolute atomic E-state index is 0.130. The van der Waals surface area contributed by atoms with Gasteiger partial charge in [-0.3, -0.25) is 0 Å². The van der Waals surface area contributed by atoms with Crippen LogP contribution in [0, 0.1) is 23.7 Å². The number of rotatable bonds is 2. The molecule has 4 unspecified atom stereocenters. The van der Waals surface area contributed by atoms with Gasteiger partial charge >= 0.3 is 0 Å². The summed E-state index contributed by atoms with van der Waals surface area (Å²) in [4.78, 5) is 4.29. The summed E-state index contributed by atoms with van der Waals surface area (Å²) in [6, 6.07) is 2.31. The topological polar surface area (TPSA) is 66.1 Å². The largest absolute Gasteiger partial charge is 0.385 e. The van der Waals surface area contributed by atoms with Crippen LogP contribution in [0.15, 0.2) is 5.38 Å². The van der Waals surface area contributed by atoms with Crippen molar-refractivity contribution < 1.29 is 9.84 Å². The molecule has 0 aliphatic carbocycles. The predicted molar refractivity (Wildman–Crippen MR) is 62.4 cm³/mol. The molecular weight excluding hydrogens is 236 g/mol. The minimum Gasteiger partial charge on any atom is -0.385 e. The molecule has 1 aromatic rings. The highest BCUT2D eigenvalue weighted by atomic mass is 32.1. The lowest BCUT2D eigenvalue weighted by Gasteiger charge is -2.32. The molecule has 90 valence electrons. The second-order valence-corrected chi connectivity index (χ2v) is 5.94. The molecule has 0 radical (unpaired) electrons. The van der Waals surface area contributed by atoms with Crippen LogP contribution >= 0.6 is 11.3 Å². The van der Waals surface area contributed by atoms with E-state index in [1.54, 1.807) is 0 Å². The molecule has 0 saturated carbocycles. The van der Waals surface area contributed by atoms with E-state index in [9.17, 15) is 10.4 Å². The number of hydrogen-bond acceptors (Lipinski definition) is 5. The lowest BCUT2D eigenvalue weighted by molar-refractivity contribution is 0.00149. The molecular formula is C12H14N2O2S. The van der Waals surface area contributed by atoms with Crippen molar-refractivity contribution in [3.8, 4) is 6.07 Å². The normalized spacial score (nSPS) is 37.0. The fourth-order valence-corrected chi connectivity index (χ4v) is 3.61. The molecule has 2 aliphatic rings. The van der Waals surface area contributed by atoms with Crippen molar-refractivity contribution in [1.29, 1.82) is 5.26 Å². The van der Waals surface area contributed by atoms with Crippen LogP contribution in [0.1, 0.15) is 36.1 Å². The van der Waals surface area contributed by atoms with Crippen LogP contribution in [0.3, 0.4) is 0 Å². The van der Waals surface area contributed by atoms with E-state index < -0.39 is 11.5 Å². The van der Waals surface area contributed by atoms with Crippen LogP contribution in [-0.2, 0) is 4.74 Å². The highest BCUT2D eigenvalue weighted by molar-refractivity contribution is 7.09. The van der Waals surface area contributed by atoms with Gasteiger partial charge in [0.15, 0.2) is 0 Å². The molecule has 0 spiro atoms. The lowest BCUT2D eigenvalue weighted by Crippen LogP contribution is -2.37. The number of nitrogens with zero attached hydrogens (tertiary/aromatic N) is 2. The molecule has 4 nitrogen and oxygen atoms in total. The molecule has 1 N–H and O–H groups in total. The van der Waals surface area contributed by atoms with Crippen molar-refractivity contribution >= 4 is 11.3 Å². The summed E-state index contributed by atoms with van der Waals surface area (Å²) in [6.07, 6.45) is 1.71. The molecule has 3 heterocycles. The molecule has 2 bridgehead atoms. The van der Waals surface area contributed by atoms with Gasteiger partial charge in [-0.25, -0.2) is 4.98 Å². The van der Waals surface area contributed by atoms with Gasteiger partial charge in [-0.1, -0.05) is 0 Å². The Morgan fingerprint density at radius 1 is 1.71 bits per heavy atom. The molecule has 2 aliphatic heterocycles. The number of aliphatic hydroxyl groups excluding tert-OH is 1. The third-order valence-corrected chi connectivity index (χ3v) is 4.65. The monoisotopic (exact) mass is 250 g/mol. The van der Waals surface area contributed by atoms with Crippen LogP contribution in [0.25, 0.3) is 0 Å². The number of aromatic nitrogens is 1. The van der Waals surface area contributed by atoms with Crippen molar-refractivity contribution in [2.75, 3.05) is 0 Å². The third-order valence-electron chi connectivity index (χ3n) is 3.86. The maximum atomic E-state index is 10.4. The fourth-order valence-electron chi connectivity index (χ4n) is 2.98. The quantitative estimate of drug-likeness (QED) is 0.871. The van der Waals surface area contributed by atoms with E-state index >= 15 is 0 Å². The first-order valence-electron chi connectivity index (χ1n) is 5.82. The number of nitriles is 1. The van der Waals surface area contributed by atoms with E-state index in [1.807, 2.05) is 12.3 Å². The molecule has 4 atom stereocenters. The van der Waals surface area contributed by atoms with Gasteiger partial charge in [0.1, 0.15) is 11.5 Å². The van der Waals surface area contributed by atoms with Crippen molar-refractivity contribution in [1.82, 2.24) is 4.98 Å². The predicted octanol–water partition coefficient (Wildman–Crippen LogP) is 1.95. The lowest BCUT2D eigenvalue weighted by atomic mass is 9.70. The van der Waals surface area contributed by atoms with Gasteiger partial charge in [0.25, 0.3) is 0 Å². The Kier molecular flexibility index (Phi) is 2.47. The Hall–Kier alpha value is -0.960. The fraction of sp³-hybridized carbons (Fsp3) is 0.667. The zero-order chi connectivity index (χ0) is 12.0. The zero-order valence-corrected chi connectivity index (χ0v) is 10.4. The van der Waals surface area contributed by atoms with Crippen molar-refractivity contribution in [3.05, 3.63) is 16.1 Å². The Morgan fingerprint density at radius 2 is 2.53 bits per heavy atom. The molecule has 2 saturated heterocycles. The molecule has 5 heteroatoms. The van der Waals surface area contributed by atoms with E-state index in [4.69, 9.17) is 4.74 Å². The van der Waals surface area contributed by atoms with Crippen LogP contribution in [-0.4, -0.2) is 22.3 Å². The first kappa shape index (κ1) is 11.1. The van der Waals surface area contributed by atoms with Crippen molar-refractivity contribution in [2.24, 2.45) is 5.41 Å². The summed E-state index contributed by atoms with van der Waals surface area (Å²) in [6.45, 7) is 1.90. The number of hydrogen-bond donors (Lipinski definition) is 1. The summed E-state index contributed by atoms with van der Waals surface area (Å²) in [7, 11) is 0. The number of ether oxygens (including phenoxy) is 1. The van der Waals surface area contributed by atoms with Gasteiger partial charge in [-0.2, -0.15) is 5.26 Å². The zero-order valence-electron chi connectivity index (χ0n) is 9.59. The Labute approximate surface area is 104 Å². The van der Waals surface area contributed by atoms with Gasteiger partial charge < -0.3 is 9.84 Å². The van der Waals surface area contributed by atoms with Crippen LogP contribution in [0.2, 0.25) is 0 Å². The van der Waals surface area contributed by atoms with Gasteiger partial charge in [-0.15, -0.1) is 11.3 Å². The molecule has 0 amide bonds. The minimum atomic E-state index is -0.826. The molecule has 17 heavy (non-hydrogen) atoms. The van der Waals surface area contributed by atoms with Gasteiger partial charge in [0.05, 0.1) is 29.0 Å². The van der Waals surface area contributed by atoms with Gasteiger partial charge in [-0.05, 0) is 26.2 Å². The summed E-state index contributed by atoms with van der Waals surface area (Å²) >= 11 is 1.50. The standard InChI is InChI=1S/C12H14N2O2S/c1-7-14-9(5-17-7)11(15)12(6-13)4-8-2-3-10(12)16-8/h5,8,10-11,15H,2-4H2,1H3. The Bertz CT molecular complexity index is 481. The summed E-state index contributed by atoms with van der Waals surface area (Å²) < 4.78 is 5.72. The van der Waals surface area contributed by atoms with Crippen molar-refractivity contribution in [3.63, 3.8) is 0 Å². The maximum Gasteiger partial charge on any atom is 0.118 e. The Morgan fingerprint density at radius 3 is 3.00 bits per heavy atom. The van der Waals surface area contributed by atoms with Crippen molar-refractivity contribution in [2.45, 2.75) is 44.5 Å².